The first-order chi connectivity index (χ1) is 36.2. The van der Waals surface area contributed by atoms with Gasteiger partial charge in [-0.3, -0.25) is 0 Å². The third-order valence-corrected chi connectivity index (χ3v) is 14.0. The second-order valence-electron chi connectivity index (χ2n) is 18.5. The average molecular weight is 930 g/mol. The molecule has 12 aromatic carbocycles. The van der Waals surface area contributed by atoms with E-state index < -0.39 is 0 Å². The Kier molecular flexibility index (Phi) is 12.5. The molecule has 12 aromatic rings. The topological polar surface area (TPSA) is 3.24 Å². The fraction of sp³-hybridized carbons (Fsp3) is 0. The van der Waals surface area contributed by atoms with Gasteiger partial charge in [-0.1, -0.05) is 273 Å². The lowest BCUT2D eigenvalue weighted by Gasteiger charge is -2.26. The van der Waals surface area contributed by atoms with Crippen molar-refractivity contribution in [1.29, 1.82) is 0 Å². The van der Waals surface area contributed by atoms with Gasteiger partial charge in [0, 0.05) is 17.1 Å². The molecule has 1 heteroatoms. The Bertz CT molecular complexity index is 3520. The van der Waals surface area contributed by atoms with Crippen molar-refractivity contribution in [3.05, 3.63) is 309 Å². The predicted octanol–water partition coefficient (Wildman–Crippen LogP) is 20.2. The van der Waals surface area contributed by atoms with Crippen molar-refractivity contribution in [2.45, 2.75) is 0 Å². The van der Waals surface area contributed by atoms with Crippen LogP contribution in [0.25, 0.3) is 100 Å². The summed E-state index contributed by atoms with van der Waals surface area (Å²) in [5, 5.41) is 0. The largest absolute Gasteiger partial charge is 0.311 e. The van der Waals surface area contributed by atoms with Gasteiger partial charge in [-0.25, -0.2) is 0 Å². The molecule has 0 fully saturated rings. The first-order valence-corrected chi connectivity index (χ1v) is 25.1. The van der Waals surface area contributed by atoms with Crippen molar-refractivity contribution >= 4 is 17.1 Å². The average Bonchev–Trinajstić information content (AvgIpc) is 3.49. The summed E-state index contributed by atoms with van der Waals surface area (Å²) in [5.74, 6) is 0. The maximum Gasteiger partial charge on any atom is 0.0462 e. The van der Waals surface area contributed by atoms with Crippen LogP contribution in [0.2, 0.25) is 0 Å². The summed E-state index contributed by atoms with van der Waals surface area (Å²) in [7, 11) is 0. The summed E-state index contributed by atoms with van der Waals surface area (Å²) < 4.78 is 0. The summed E-state index contributed by atoms with van der Waals surface area (Å²) in [6, 6.07) is 112. The van der Waals surface area contributed by atoms with Gasteiger partial charge in [-0.05, 0) is 137 Å². The fourth-order valence-electron chi connectivity index (χ4n) is 10.1. The van der Waals surface area contributed by atoms with Crippen LogP contribution in [0.3, 0.4) is 0 Å². The van der Waals surface area contributed by atoms with Crippen LogP contribution in [0.15, 0.2) is 309 Å². The Morgan fingerprint density at radius 3 is 0.493 bits per heavy atom. The highest BCUT2D eigenvalue weighted by atomic mass is 15.1. The SMILES string of the molecule is c1ccc(-c2ccc(-c3ccc(-c4ccccc4-c4ccc(N(c5ccc(-c6ccccc6)cc5)c5ccc(-c6ccccc6-c6ccc(-c7ccc(-c8ccccc8)cc7)cc6)cc5)cc4)cc3)cc2)cc1. The molecule has 0 saturated carbocycles. The number of benzene rings is 12. The molecule has 0 atom stereocenters. The second kappa shape index (κ2) is 20.4. The van der Waals surface area contributed by atoms with E-state index in [9.17, 15) is 0 Å². The van der Waals surface area contributed by atoms with Crippen LogP contribution in [0.4, 0.5) is 17.1 Å². The zero-order valence-corrected chi connectivity index (χ0v) is 40.4. The van der Waals surface area contributed by atoms with Crippen molar-refractivity contribution in [2.75, 3.05) is 4.90 Å². The molecular weight excluding hydrogens is 879 g/mol. The van der Waals surface area contributed by atoms with E-state index in [4.69, 9.17) is 0 Å². The summed E-state index contributed by atoms with van der Waals surface area (Å²) in [6.45, 7) is 0. The van der Waals surface area contributed by atoms with E-state index in [1.54, 1.807) is 0 Å². The molecule has 0 saturated heterocycles. The van der Waals surface area contributed by atoms with E-state index in [1.807, 2.05) is 0 Å². The smallest absolute Gasteiger partial charge is 0.0462 e. The maximum atomic E-state index is 2.36. The molecule has 344 valence electrons. The minimum absolute atomic E-state index is 1.08. The molecule has 0 N–H and O–H groups in total. The van der Waals surface area contributed by atoms with Gasteiger partial charge in [-0.15, -0.1) is 0 Å². The number of anilines is 3. The Hall–Kier alpha value is -9.56. The molecule has 0 radical (unpaired) electrons. The van der Waals surface area contributed by atoms with Crippen LogP contribution in [0.1, 0.15) is 0 Å². The molecule has 0 amide bonds. The Morgan fingerprint density at radius 2 is 0.274 bits per heavy atom. The van der Waals surface area contributed by atoms with Gasteiger partial charge in [0.1, 0.15) is 0 Å². The lowest BCUT2D eigenvalue weighted by molar-refractivity contribution is 1.28. The minimum atomic E-state index is 1.08. The molecule has 0 aliphatic carbocycles. The standard InChI is InChI=1S/C72H51N/c1-4-14-52(15-5-1)55-24-28-57(29-25-55)59-32-36-62(37-33-59)69-20-10-12-22-71(69)64-42-48-67(49-43-64)73(66-46-40-61(41-47-66)54-18-8-3-9-19-54)68-50-44-65(45-51-68)72-23-13-11-21-70(72)63-38-34-60(35-39-63)58-30-26-56(27-31-58)53-16-6-2-7-17-53/h1-51H. The van der Waals surface area contributed by atoms with Gasteiger partial charge in [0.25, 0.3) is 0 Å². The van der Waals surface area contributed by atoms with Crippen LogP contribution in [-0.4, -0.2) is 0 Å². The molecule has 0 aliphatic heterocycles. The number of rotatable bonds is 12. The van der Waals surface area contributed by atoms with Crippen molar-refractivity contribution < 1.29 is 0 Å². The first kappa shape index (κ1) is 44.6. The van der Waals surface area contributed by atoms with Crippen LogP contribution >= 0.6 is 0 Å². The highest BCUT2D eigenvalue weighted by Crippen LogP contribution is 2.41. The molecule has 12 rings (SSSR count). The van der Waals surface area contributed by atoms with Crippen LogP contribution in [0.5, 0.6) is 0 Å². The quantitative estimate of drug-likeness (QED) is 0.118. The van der Waals surface area contributed by atoms with Crippen LogP contribution in [0, 0.1) is 0 Å². The third kappa shape index (κ3) is 9.56. The molecule has 0 spiro atoms. The highest BCUT2D eigenvalue weighted by Gasteiger charge is 2.16. The van der Waals surface area contributed by atoms with Gasteiger partial charge >= 0.3 is 0 Å². The van der Waals surface area contributed by atoms with Crippen LogP contribution in [-0.2, 0) is 0 Å². The van der Waals surface area contributed by atoms with Gasteiger partial charge in [-0.2, -0.15) is 0 Å². The van der Waals surface area contributed by atoms with E-state index >= 15 is 0 Å². The monoisotopic (exact) mass is 929 g/mol. The Morgan fingerprint density at radius 1 is 0.123 bits per heavy atom. The predicted molar refractivity (Wildman–Crippen MR) is 310 cm³/mol. The minimum Gasteiger partial charge on any atom is -0.311 e. The summed E-state index contributed by atoms with van der Waals surface area (Å²) in [4.78, 5) is 2.36. The lowest BCUT2D eigenvalue weighted by atomic mass is 9.92. The molecular formula is C72H51N. The second-order valence-corrected chi connectivity index (χ2v) is 18.5. The molecule has 0 heterocycles. The highest BCUT2D eigenvalue weighted by molar-refractivity contribution is 5.89. The molecule has 0 aromatic heterocycles. The van der Waals surface area contributed by atoms with Gasteiger partial charge < -0.3 is 4.90 Å². The molecule has 0 unspecified atom stereocenters. The lowest BCUT2D eigenvalue weighted by Crippen LogP contribution is -2.09. The number of hydrogen-bond donors (Lipinski definition) is 0. The van der Waals surface area contributed by atoms with E-state index in [0.717, 1.165) is 17.1 Å². The van der Waals surface area contributed by atoms with E-state index in [2.05, 4.69) is 314 Å². The zero-order chi connectivity index (χ0) is 48.8. The van der Waals surface area contributed by atoms with Gasteiger partial charge in [0.2, 0.25) is 0 Å². The molecule has 73 heavy (non-hydrogen) atoms. The van der Waals surface area contributed by atoms with E-state index in [-0.39, 0.29) is 0 Å². The summed E-state index contributed by atoms with van der Waals surface area (Å²) in [5.41, 5.74) is 24.9. The van der Waals surface area contributed by atoms with E-state index in [1.165, 1.54) is 100 Å². The van der Waals surface area contributed by atoms with Crippen molar-refractivity contribution in [1.82, 2.24) is 0 Å². The Balaban J connectivity index is 0.824. The maximum absolute atomic E-state index is 2.36. The molecule has 1 nitrogen and oxygen atoms in total. The third-order valence-electron chi connectivity index (χ3n) is 14.0. The first-order valence-electron chi connectivity index (χ1n) is 25.1. The molecule has 0 bridgehead atoms. The van der Waals surface area contributed by atoms with Crippen LogP contribution < -0.4 is 4.90 Å². The normalized spacial score (nSPS) is 11.0. The van der Waals surface area contributed by atoms with Gasteiger partial charge in [0.15, 0.2) is 0 Å². The van der Waals surface area contributed by atoms with Crippen molar-refractivity contribution in [3.8, 4) is 100 Å². The number of nitrogens with zero attached hydrogens (tertiary/aromatic N) is 1. The van der Waals surface area contributed by atoms with E-state index in [0.29, 0.717) is 0 Å². The molecule has 0 aliphatic rings. The zero-order valence-electron chi connectivity index (χ0n) is 40.4. The fourth-order valence-corrected chi connectivity index (χ4v) is 10.1. The van der Waals surface area contributed by atoms with Crippen molar-refractivity contribution in [2.24, 2.45) is 0 Å². The summed E-state index contributed by atoms with van der Waals surface area (Å²) >= 11 is 0. The van der Waals surface area contributed by atoms with Crippen molar-refractivity contribution in [3.63, 3.8) is 0 Å². The summed E-state index contributed by atoms with van der Waals surface area (Å²) in [6.07, 6.45) is 0. The number of hydrogen-bond acceptors (Lipinski definition) is 1. The Labute approximate surface area is 429 Å². The van der Waals surface area contributed by atoms with Gasteiger partial charge in [0.05, 0.1) is 0 Å².